The molecule has 116 valence electrons. The van der Waals surface area contributed by atoms with Gasteiger partial charge >= 0.3 is 0 Å². The van der Waals surface area contributed by atoms with E-state index in [9.17, 15) is 0 Å². The van der Waals surface area contributed by atoms with Gasteiger partial charge in [-0.25, -0.2) is 0 Å². The summed E-state index contributed by atoms with van der Waals surface area (Å²) in [5, 5.41) is 3.67. The largest absolute Gasteiger partial charge is 0.340 e. The lowest BCUT2D eigenvalue weighted by molar-refractivity contribution is 0.405. The summed E-state index contributed by atoms with van der Waals surface area (Å²) in [5.74, 6) is 0. The number of nitrogens with one attached hydrogen (secondary N) is 1. The third-order valence-corrected chi connectivity index (χ3v) is 5.27. The molecule has 3 aromatic rings. The van der Waals surface area contributed by atoms with Gasteiger partial charge in [-0.15, -0.1) is 0 Å². The van der Waals surface area contributed by atoms with E-state index < -0.39 is 0 Å². The number of halogens is 1. The molecule has 2 aromatic carbocycles. The zero-order valence-electron chi connectivity index (χ0n) is 13.1. The van der Waals surface area contributed by atoms with Crippen molar-refractivity contribution in [2.75, 3.05) is 0 Å². The van der Waals surface area contributed by atoms with Crippen LogP contribution in [0.1, 0.15) is 22.9 Å². The minimum absolute atomic E-state index is 0.352. The summed E-state index contributed by atoms with van der Waals surface area (Å²) in [7, 11) is 0. The molecule has 1 aromatic heterocycles. The average molecular weight is 367 g/mol. The Balaban J connectivity index is 1.72. The first kappa shape index (κ1) is 14.7. The summed E-state index contributed by atoms with van der Waals surface area (Å²) >= 11 is 3.73. The molecule has 0 bridgehead atoms. The molecule has 0 radical (unpaired) electrons. The molecule has 0 saturated carbocycles. The second-order valence-electron chi connectivity index (χ2n) is 6.15. The van der Waals surface area contributed by atoms with Gasteiger partial charge in [-0.05, 0) is 40.0 Å². The zero-order chi connectivity index (χ0) is 15.8. The topological polar surface area (TPSA) is 17.0 Å². The van der Waals surface area contributed by atoms with Crippen LogP contribution >= 0.6 is 15.9 Å². The average Bonchev–Trinajstić information content (AvgIpc) is 2.93. The first-order valence-electron chi connectivity index (χ1n) is 7.95. The minimum atomic E-state index is 0.352. The lowest BCUT2D eigenvalue weighted by atomic mass is 10.0. The molecule has 1 aliphatic rings. The van der Waals surface area contributed by atoms with Crippen molar-refractivity contribution in [2.45, 2.75) is 26.1 Å². The molecule has 2 nitrogen and oxygen atoms in total. The normalized spacial score (nSPS) is 17.0. The van der Waals surface area contributed by atoms with E-state index in [0.717, 1.165) is 13.1 Å². The molecule has 1 aliphatic heterocycles. The molecule has 0 fully saturated rings. The van der Waals surface area contributed by atoms with Crippen molar-refractivity contribution >= 4 is 15.9 Å². The van der Waals surface area contributed by atoms with Gasteiger partial charge in [0.15, 0.2) is 0 Å². The van der Waals surface area contributed by atoms with Crippen LogP contribution < -0.4 is 5.32 Å². The van der Waals surface area contributed by atoms with E-state index >= 15 is 0 Å². The van der Waals surface area contributed by atoms with Crippen molar-refractivity contribution in [3.8, 4) is 11.3 Å². The van der Waals surface area contributed by atoms with Crippen molar-refractivity contribution in [1.29, 1.82) is 0 Å². The second-order valence-corrected chi connectivity index (χ2v) is 7.00. The first-order valence-corrected chi connectivity index (χ1v) is 8.75. The Kier molecular flexibility index (Phi) is 3.83. The van der Waals surface area contributed by atoms with Gasteiger partial charge in [0, 0.05) is 29.0 Å². The maximum atomic E-state index is 3.73. The fraction of sp³-hybridized carbons (Fsp3) is 0.200. The number of hydrogen-bond acceptors (Lipinski definition) is 1. The highest BCUT2D eigenvalue weighted by Gasteiger charge is 2.24. The Morgan fingerprint density at radius 3 is 2.52 bits per heavy atom. The second kappa shape index (κ2) is 5.99. The number of aromatic nitrogens is 1. The van der Waals surface area contributed by atoms with Crippen LogP contribution in [0.15, 0.2) is 65.1 Å². The number of hydrogen-bond donors (Lipinski definition) is 1. The highest BCUT2D eigenvalue weighted by Crippen LogP contribution is 2.34. The van der Waals surface area contributed by atoms with Gasteiger partial charge in [-0.1, -0.05) is 60.2 Å². The molecule has 2 heterocycles. The van der Waals surface area contributed by atoms with Crippen LogP contribution in [-0.2, 0) is 13.1 Å². The molecule has 0 unspecified atom stereocenters. The van der Waals surface area contributed by atoms with Crippen molar-refractivity contribution in [1.82, 2.24) is 9.88 Å². The van der Waals surface area contributed by atoms with E-state index in [1.165, 1.54) is 32.6 Å². The Bertz CT molecular complexity index is 819. The smallest absolute Gasteiger partial charge is 0.0505 e. The Hall–Kier alpha value is -1.84. The minimum Gasteiger partial charge on any atom is -0.340 e. The predicted octanol–water partition coefficient (Wildman–Crippen LogP) is 5.07. The Labute approximate surface area is 145 Å². The third kappa shape index (κ3) is 2.75. The van der Waals surface area contributed by atoms with Crippen molar-refractivity contribution < 1.29 is 0 Å². The molecule has 23 heavy (non-hydrogen) atoms. The van der Waals surface area contributed by atoms with Gasteiger partial charge in [-0.3, -0.25) is 0 Å². The number of rotatable bonds is 2. The van der Waals surface area contributed by atoms with Crippen LogP contribution in [0.2, 0.25) is 0 Å². The first-order chi connectivity index (χ1) is 11.2. The van der Waals surface area contributed by atoms with Gasteiger partial charge in [0.05, 0.1) is 6.04 Å². The maximum Gasteiger partial charge on any atom is 0.0505 e. The number of aryl methyl sites for hydroxylation is 1. The van der Waals surface area contributed by atoms with E-state index in [2.05, 4.69) is 93.4 Å². The standard InChI is InChI=1S/C20H19BrN2/c1-14-7-9-15(10-8-14)18-13-23-19(16-5-3-2-4-6-16)11-17(21)20(23)12-22-18/h2-11,18,22H,12-13H2,1H3/t18-/m0/s1. The third-order valence-electron chi connectivity index (χ3n) is 4.59. The van der Waals surface area contributed by atoms with E-state index in [0.29, 0.717) is 6.04 Å². The van der Waals surface area contributed by atoms with E-state index in [1.807, 2.05) is 0 Å². The lowest BCUT2D eigenvalue weighted by Gasteiger charge is -2.28. The van der Waals surface area contributed by atoms with Crippen LogP contribution in [0.4, 0.5) is 0 Å². The molecule has 0 amide bonds. The molecule has 0 saturated heterocycles. The van der Waals surface area contributed by atoms with Crippen LogP contribution in [0.5, 0.6) is 0 Å². The van der Waals surface area contributed by atoms with Crippen LogP contribution in [-0.4, -0.2) is 4.57 Å². The van der Waals surface area contributed by atoms with Gasteiger partial charge in [0.25, 0.3) is 0 Å². The predicted molar refractivity (Wildman–Crippen MR) is 98.3 cm³/mol. The Morgan fingerprint density at radius 2 is 1.78 bits per heavy atom. The summed E-state index contributed by atoms with van der Waals surface area (Å²) < 4.78 is 3.63. The molecule has 4 rings (SSSR count). The monoisotopic (exact) mass is 366 g/mol. The van der Waals surface area contributed by atoms with E-state index in [1.54, 1.807) is 0 Å². The van der Waals surface area contributed by atoms with Gasteiger partial charge in [-0.2, -0.15) is 0 Å². The van der Waals surface area contributed by atoms with Crippen LogP contribution in [0, 0.1) is 6.92 Å². The molecule has 3 heteroatoms. The SMILES string of the molecule is Cc1ccc([C@@H]2Cn3c(-c4ccccc4)cc(Br)c3CN2)cc1. The molecule has 0 spiro atoms. The van der Waals surface area contributed by atoms with Gasteiger partial charge < -0.3 is 9.88 Å². The summed E-state index contributed by atoms with van der Waals surface area (Å²) in [4.78, 5) is 0. The molecule has 1 atom stereocenters. The maximum absolute atomic E-state index is 3.73. The highest BCUT2D eigenvalue weighted by molar-refractivity contribution is 9.10. The summed E-state index contributed by atoms with van der Waals surface area (Å²) in [6.07, 6.45) is 0. The zero-order valence-corrected chi connectivity index (χ0v) is 14.7. The van der Waals surface area contributed by atoms with Crippen molar-refractivity contribution in [3.05, 3.63) is 82.0 Å². The number of fused-ring (bicyclic) bond motifs is 1. The van der Waals surface area contributed by atoms with Crippen molar-refractivity contribution in [3.63, 3.8) is 0 Å². The summed E-state index contributed by atoms with van der Waals surface area (Å²) in [6, 6.07) is 22.1. The van der Waals surface area contributed by atoms with Crippen molar-refractivity contribution in [2.24, 2.45) is 0 Å². The highest BCUT2D eigenvalue weighted by atomic mass is 79.9. The quantitative estimate of drug-likeness (QED) is 0.669. The van der Waals surface area contributed by atoms with Crippen LogP contribution in [0.25, 0.3) is 11.3 Å². The molecular formula is C20H19BrN2. The molecule has 0 aliphatic carbocycles. The van der Waals surface area contributed by atoms with E-state index in [-0.39, 0.29) is 0 Å². The van der Waals surface area contributed by atoms with Crippen LogP contribution in [0.3, 0.4) is 0 Å². The summed E-state index contributed by atoms with van der Waals surface area (Å²) in [5.41, 5.74) is 6.53. The molecule has 1 N–H and O–H groups in total. The number of nitrogens with zero attached hydrogens (tertiary/aromatic N) is 1. The number of benzene rings is 2. The fourth-order valence-electron chi connectivity index (χ4n) is 3.28. The fourth-order valence-corrected chi connectivity index (χ4v) is 3.85. The Morgan fingerprint density at radius 1 is 1.04 bits per heavy atom. The van der Waals surface area contributed by atoms with Gasteiger partial charge in [0.1, 0.15) is 0 Å². The molecular weight excluding hydrogens is 348 g/mol. The lowest BCUT2D eigenvalue weighted by Crippen LogP contribution is -2.32. The van der Waals surface area contributed by atoms with E-state index in [4.69, 9.17) is 0 Å². The summed E-state index contributed by atoms with van der Waals surface area (Å²) in [6.45, 7) is 3.97. The van der Waals surface area contributed by atoms with Gasteiger partial charge in [0.2, 0.25) is 0 Å².